The van der Waals surface area contributed by atoms with Crippen LogP contribution >= 0.6 is 0 Å². The molecule has 3 aromatic heterocycles. The molecule has 0 saturated heterocycles. The van der Waals surface area contributed by atoms with E-state index < -0.39 is 0 Å². The highest BCUT2D eigenvalue weighted by atomic mass is 15.0. The fourth-order valence-corrected chi connectivity index (χ4v) is 3.36. The van der Waals surface area contributed by atoms with Gasteiger partial charge >= 0.3 is 0 Å². The second kappa shape index (κ2) is 4.26. The first-order chi connectivity index (χ1) is 10.2. The molecule has 0 aliphatic carbocycles. The molecular weight excluding hydrogens is 256 g/mol. The number of pyridine rings is 1. The monoisotopic (exact) mass is 274 g/mol. The van der Waals surface area contributed by atoms with Crippen molar-refractivity contribution in [3.8, 4) is 5.69 Å². The first kappa shape index (κ1) is 12.3. The molecule has 21 heavy (non-hydrogen) atoms. The van der Waals surface area contributed by atoms with Crippen LogP contribution in [0, 0.1) is 20.8 Å². The molecule has 2 nitrogen and oxygen atoms in total. The molecule has 0 aliphatic rings. The largest absolute Gasteiger partial charge is 0.315 e. The minimum absolute atomic E-state index is 1.24. The lowest BCUT2D eigenvalue weighted by atomic mass is 10.1. The number of hydrogen-bond donors (Lipinski definition) is 0. The minimum Gasteiger partial charge on any atom is -0.315 e. The summed E-state index contributed by atoms with van der Waals surface area (Å²) in [5, 5.41) is 0. The lowest BCUT2D eigenvalue weighted by Gasteiger charge is -2.14. The van der Waals surface area contributed by atoms with Gasteiger partial charge in [0.2, 0.25) is 0 Å². The molecule has 0 atom stereocenters. The van der Waals surface area contributed by atoms with Crippen LogP contribution in [0.3, 0.4) is 0 Å². The Kier molecular flexibility index (Phi) is 2.49. The Labute approximate surface area is 124 Å². The Bertz CT molecular complexity index is 950. The van der Waals surface area contributed by atoms with Crippen LogP contribution in [0.25, 0.3) is 22.2 Å². The summed E-state index contributed by atoms with van der Waals surface area (Å²) in [5.41, 5.74) is 8.98. The summed E-state index contributed by atoms with van der Waals surface area (Å²) in [6, 6.07) is 17.4. The fraction of sp³-hybridized carbons (Fsp3) is 0.158. The summed E-state index contributed by atoms with van der Waals surface area (Å²) in [5.74, 6) is 0. The number of rotatable bonds is 1. The lowest BCUT2D eigenvalue weighted by Crippen LogP contribution is -2.01. The molecule has 0 spiro atoms. The van der Waals surface area contributed by atoms with E-state index in [0.29, 0.717) is 0 Å². The maximum absolute atomic E-state index is 2.38. The SMILES string of the molecule is Cc1cccc(C)c1-n1c(C)cc2c1cc1ccccn12. The Morgan fingerprint density at radius 2 is 1.52 bits per heavy atom. The first-order valence-electron chi connectivity index (χ1n) is 7.31. The van der Waals surface area contributed by atoms with Crippen LogP contribution in [0.4, 0.5) is 0 Å². The summed E-state index contributed by atoms with van der Waals surface area (Å²) in [6.07, 6.45) is 2.13. The van der Waals surface area contributed by atoms with Gasteiger partial charge in [-0.25, -0.2) is 0 Å². The van der Waals surface area contributed by atoms with E-state index in [9.17, 15) is 0 Å². The molecule has 0 bridgehead atoms. The Hall–Kier alpha value is -2.48. The second-order valence-electron chi connectivity index (χ2n) is 5.77. The predicted molar refractivity (Wildman–Crippen MR) is 88.4 cm³/mol. The molecule has 4 rings (SSSR count). The van der Waals surface area contributed by atoms with Crippen LogP contribution < -0.4 is 0 Å². The molecule has 0 fully saturated rings. The molecule has 1 aromatic carbocycles. The molecule has 0 N–H and O–H groups in total. The van der Waals surface area contributed by atoms with Crippen LogP contribution in [0.2, 0.25) is 0 Å². The van der Waals surface area contributed by atoms with Gasteiger partial charge in [0.1, 0.15) is 0 Å². The van der Waals surface area contributed by atoms with Crippen molar-refractivity contribution in [2.45, 2.75) is 20.8 Å². The summed E-state index contributed by atoms with van der Waals surface area (Å²) in [7, 11) is 0. The summed E-state index contributed by atoms with van der Waals surface area (Å²) < 4.78 is 4.64. The van der Waals surface area contributed by atoms with Crippen molar-refractivity contribution < 1.29 is 0 Å². The molecule has 2 heteroatoms. The number of aryl methyl sites for hydroxylation is 3. The fourth-order valence-electron chi connectivity index (χ4n) is 3.36. The van der Waals surface area contributed by atoms with Crippen molar-refractivity contribution in [1.29, 1.82) is 0 Å². The Morgan fingerprint density at radius 1 is 0.762 bits per heavy atom. The van der Waals surface area contributed by atoms with Crippen LogP contribution in [-0.2, 0) is 0 Å². The molecule has 104 valence electrons. The van der Waals surface area contributed by atoms with E-state index in [0.717, 1.165) is 0 Å². The van der Waals surface area contributed by atoms with E-state index in [-0.39, 0.29) is 0 Å². The summed E-state index contributed by atoms with van der Waals surface area (Å²) in [4.78, 5) is 0. The number of aromatic nitrogens is 2. The van der Waals surface area contributed by atoms with Gasteiger partial charge < -0.3 is 8.97 Å². The number of benzene rings is 1. The number of fused-ring (bicyclic) bond motifs is 3. The van der Waals surface area contributed by atoms with E-state index in [2.05, 4.69) is 84.5 Å². The zero-order valence-electron chi connectivity index (χ0n) is 12.6. The molecule has 0 unspecified atom stereocenters. The van der Waals surface area contributed by atoms with E-state index in [1.165, 1.54) is 39.1 Å². The molecular formula is C19H18N2. The highest BCUT2D eigenvalue weighted by molar-refractivity contribution is 5.88. The van der Waals surface area contributed by atoms with Crippen molar-refractivity contribution in [3.63, 3.8) is 0 Å². The van der Waals surface area contributed by atoms with Gasteiger partial charge in [0.25, 0.3) is 0 Å². The molecule has 3 heterocycles. The van der Waals surface area contributed by atoms with Crippen LogP contribution in [0.5, 0.6) is 0 Å². The average Bonchev–Trinajstić information content (AvgIpc) is 2.95. The number of nitrogens with zero attached hydrogens (tertiary/aromatic N) is 2. The zero-order chi connectivity index (χ0) is 14.6. The minimum atomic E-state index is 1.24. The third-order valence-electron chi connectivity index (χ3n) is 4.30. The Morgan fingerprint density at radius 3 is 2.29 bits per heavy atom. The van der Waals surface area contributed by atoms with Gasteiger partial charge in [-0.3, -0.25) is 0 Å². The number of hydrogen-bond acceptors (Lipinski definition) is 0. The third-order valence-corrected chi connectivity index (χ3v) is 4.30. The highest BCUT2D eigenvalue weighted by Crippen LogP contribution is 2.30. The zero-order valence-corrected chi connectivity index (χ0v) is 12.6. The standard InChI is InChI=1S/C19H18N2/c1-13-7-6-8-14(2)19(13)21-15(3)11-17-18(21)12-16-9-4-5-10-20(16)17/h4-12H,1-3H3. The summed E-state index contributed by atoms with van der Waals surface area (Å²) >= 11 is 0. The predicted octanol–water partition coefficient (Wildman–Crippen LogP) is 4.81. The van der Waals surface area contributed by atoms with Gasteiger partial charge in [0.15, 0.2) is 0 Å². The van der Waals surface area contributed by atoms with E-state index in [1.54, 1.807) is 0 Å². The third kappa shape index (κ3) is 1.65. The van der Waals surface area contributed by atoms with Gasteiger partial charge in [-0.15, -0.1) is 0 Å². The lowest BCUT2D eigenvalue weighted by molar-refractivity contribution is 1.02. The van der Waals surface area contributed by atoms with Crippen molar-refractivity contribution in [1.82, 2.24) is 8.97 Å². The van der Waals surface area contributed by atoms with Gasteiger partial charge in [0.05, 0.1) is 16.7 Å². The van der Waals surface area contributed by atoms with E-state index in [1.807, 2.05) is 0 Å². The average molecular weight is 274 g/mol. The topological polar surface area (TPSA) is 9.34 Å². The van der Waals surface area contributed by atoms with Gasteiger partial charge in [-0.1, -0.05) is 24.3 Å². The van der Waals surface area contributed by atoms with E-state index in [4.69, 9.17) is 0 Å². The maximum atomic E-state index is 2.38. The smallest absolute Gasteiger partial charge is 0.0720 e. The van der Waals surface area contributed by atoms with Gasteiger partial charge in [-0.05, 0) is 56.2 Å². The van der Waals surface area contributed by atoms with Crippen molar-refractivity contribution in [3.05, 3.63) is 71.5 Å². The van der Waals surface area contributed by atoms with Crippen LogP contribution in [0.15, 0.2) is 54.7 Å². The van der Waals surface area contributed by atoms with Crippen LogP contribution in [0.1, 0.15) is 16.8 Å². The van der Waals surface area contributed by atoms with Crippen molar-refractivity contribution in [2.75, 3.05) is 0 Å². The van der Waals surface area contributed by atoms with Gasteiger partial charge in [0, 0.05) is 17.4 Å². The molecule has 0 saturated carbocycles. The quantitative estimate of drug-likeness (QED) is 0.471. The van der Waals surface area contributed by atoms with Gasteiger partial charge in [-0.2, -0.15) is 0 Å². The summed E-state index contributed by atoms with van der Waals surface area (Å²) in [6.45, 7) is 6.55. The van der Waals surface area contributed by atoms with Crippen LogP contribution in [-0.4, -0.2) is 8.97 Å². The molecule has 4 aromatic rings. The number of para-hydroxylation sites is 1. The second-order valence-corrected chi connectivity index (χ2v) is 5.77. The van der Waals surface area contributed by atoms with Crippen molar-refractivity contribution >= 4 is 16.6 Å². The van der Waals surface area contributed by atoms with E-state index >= 15 is 0 Å². The molecule has 0 amide bonds. The highest BCUT2D eigenvalue weighted by Gasteiger charge is 2.14. The normalized spacial score (nSPS) is 11.6. The molecule has 0 radical (unpaired) electrons. The first-order valence-corrected chi connectivity index (χ1v) is 7.31. The van der Waals surface area contributed by atoms with Crippen molar-refractivity contribution in [2.24, 2.45) is 0 Å². The maximum Gasteiger partial charge on any atom is 0.0720 e. The molecule has 0 aliphatic heterocycles. The Balaban J connectivity index is 2.16.